The summed E-state index contributed by atoms with van der Waals surface area (Å²) in [7, 11) is 1.62. The molecule has 0 aliphatic carbocycles. The van der Waals surface area contributed by atoms with Crippen LogP contribution in [-0.4, -0.2) is 22.3 Å². The molecule has 0 unspecified atom stereocenters. The standard InChI is InChI=1S/C18H19N5O/c1-12-8-9-14(10-13(12)2)20-17-11-19-23-18(22-17)21-15-6-4-5-7-16(15)24-3/h4-11H,1-3H3,(H2,20,21,22,23). The summed E-state index contributed by atoms with van der Waals surface area (Å²) in [5.41, 5.74) is 4.21. The maximum atomic E-state index is 5.31. The van der Waals surface area contributed by atoms with Crippen molar-refractivity contribution >= 4 is 23.1 Å². The SMILES string of the molecule is COc1ccccc1Nc1nncc(Nc2ccc(C)c(C)c2)n1. The number of benzene rings is 2. The van der Waals surface area contributed by atoms with E-state index in [0.717, 1.165) is 11.4 Å². The number of ether oxygens (including phenoxy) is 1. The van der Waals surface area contributed by atoms with Gasteiger partial charge < -0.3 is 15.4 Å². The molecule has 0 spiro atoms. The van der Waals surface area contributed by atoms with Crippen molar-refractivity contribution in [1.82, 2.24) is 15.2 Å². The lowest BCUT2D eigenvalue weighted by molar-refractivity contribution is 0.417. The molecule has 3 aromatic rings. The first kappa shape index (κ1) is 15.7. The van der Waals surface area contributed by atoms with Crippen LogP contribution in [0.5, 0.6) is 5.75 Å². The van der Waals surface area contributed by atoms with Crippen molar-refractivity contribution in [2.45, 2.75) is 13.8 Å². The lowest BCUT2D eigenvalue weighted by atomic mass is 10.1. The van der Waals surface area contributed by atoms with Crippen molar-refractivity contribution in [3.05, 3.63) is 59.8 Å². The number of nitrogens with zero attached hydrogens (tertiary/aromatic N) is 3. The van der Waals surface area contributed by atoms with Gasteiger partial charge in [-0.2, -0.15) is 10.1 Å². The Morgan fingerprint density at radius 1 is 0.958 bits per heavy atom. The topological polar surface area (TPSA) is 72.0 Å². The van der Waals surface area contributed by atoms with Crippen LogP contribution in [0.15, 0.2) is 48.7 Å². The van der Waals surface area contributed by atoms with Gasteiger partial charge in [0.15, 0.2) is 5.82 Å². The smallest absolute Gasteiger partial charge is 0.249 e. The Labute approximate surface area is 140 Å². The van der Waals surface area contributed by atoms with E-state index in [1.807, 2.05) is 30.3 Å². The third kappa shape index (κ3) is 3.60. The number of anilines is 4. The van der Waals surface area contributed by atoms with E-state index in [4.69, 9.17) is 4.74 Å². The zero-order chi connectivity index (χ0) is 16.9. The molecule has 1 heterocycles. The van der Waals surface area contributed by atoms with Gasteiger partial charge in [-0.1, -0.05) is 18.2 Å². The number of methoxy groups -OCH3 is 1. The molecule has 3 rings (SSSR count). The second kappa shape index (κ2) is 6.95. The molecular formula is C18H19N5O. The van der Waals surface area contributed by atoms with Crippen molar-refractivity contribution < 1.29 is 4.74 Å². The molecule has 0 saturated carbocycles. The van der Waals surface area contributed by atoms with E-state index in [2.05, 4.69) is 51.8 Å². The van der Waals surface area contributed by atoms with Crippen LogP contribution in [0.4, 0.5) is 23.1 Å². The van der Waals surface area contributed by atoms with Crippen LogP contribution in [0.3, 0.4) is 0 Å². The largest absolute Gasteiger partial charge is 0.495 e. The fourth-order valence-corrected chi connectivity index (χ4v) is 2.25. The molecule has 122 valence electrons. The van der Waals surface area contributed by atoms with Crippen LogP contribution >= 0.6 is 0 Å². The van der Waals surface area contributed by atoms with Gasteiger partial charge in [0, 0.05) is 5.69 Å². The van der Waals surface area contributed by atoms with Gasteiger partial charge in [-0.05, 0) is 49.2 Å². The maximum Gasteiger partial charge on any atom is 0.249 e. The molecule has 2 N–H and O–H groups in total. The minimum atomic E-state index is 0.397. The zero-order valence-electron chi connectivity index (χ0n) is 13.9. The average Bonchev–Trinajstić information content (AvgIpc) is 2.59. The number of rotatable bonds is 5. The third-order valence-electron chi connectivity index (χ3n) is 3.69. The summed E-state index contributed by atoms with van der Waals surface area (Å²) in [6, 6.07) is 13.7. The van der Waals surface area contributed by atoms with E-state index in [0.29, 0.717) is 17.5 Å². The molecule has 0 saturated heterocycles. The van der Waals surface area contributed by atoms with Gasteiger partial charge in [0.1, 0.15) is 5.75 Å². The molecule has 0 aliphatic rings. The van der Waals surface area contributed by atoms with Crippen molar-refractivity contribution in [2.24, 2.45) is 0 Å². The van der Waals surface area contributed by atoms with Crippen LogP contribution in [0.1, 0.15) is 11.1 Å². The molecule has 2 aromatic carbocycles. The molecule has 0 aliphatic heterocycles. The monoisotopic (exact) mass is 321 g/mol. The van der Waals surface area contributed by atoms with Gasteiger partial charge in [0.25, 0.3) is 0 Å². The second-order valence-corrected chi connectivity index (χ2v) is 5.41. The first-order valence-electron chi connectivity index (χ1n) is 7.60. The van der Waals surface area contributed by atoms with E-state index in [1.165, 1.54) is 11.1 Å². The van der Waals surface area contributed by atoms with E-state index < -0.39 is 0 Å². The van der Waals surface area contributed by atoms with Gasteiger partial charge in [0.05, 0.1) is 19.0 Å². The Morgan fingerprint density at radius 2 is 1.79 bits per heavy atom. The highest BCUT2D eigenvalue weighted by atomic mass is 16.5. The number of aromatic nitrogens is 3. The Morgan fingerprint density at radius 3 is 2.58 bits per heavy atom. The van der Waals surface area contributed by atoms with E-state index in [1.54, 1.807) is 13.3 Å². The molecule has 0 fully saturated rings. The van der Waals surface area contributed by atoms with E-state index in [9.17, 15) is 0 Å². The zero-order valence-corrected chi connectivity index (χ0v) is 13.9. The molecule has 6 nitrogen and oxygen atoms in total. The van der Waals surface area contributed by atoms with Crippen LogP contribution in [0.2, 0.25) is 0 Å². The van der Waals surface area contributed by atoms with Gasteiger partial charge in [-0.25, -0.2) is 0 Å². The van der Waals surface area contributed by atoms with Gasteiger partial charge >= 0.3 is 0 Å². The molecule has 0 radical (unpaired) electrons. The summed E-state index contributed by atoms with van der Waals surface area (Å²) in [6.45, 7) is 4.16. The Hall–Kier alpha value is -3.15. The molecule has 0 atom stereocenters. The Bertz CT molecular complexity index is 850. The summed E-state index contributed by atoms with van der Waals surface area (Å²) in [5.74, 6) is 1.73. The number of hydrogen-bond donors (Lipinski definition) is 2. The summed E-state index contributed by atoms with van der Waals surface area (Å²) >= 11 is 0. The number of para-hydroxylation sites is 2. The van der Waals surface area contributed by atoms with Crippen molar-refractivity contribution in [3.8, 4) is 5.75 Å². The van der Waals surface area contributed by atoms with Gasteiger partial charge in [-0.3, -0.25) is 0 Å². The van der Waals surface area contributed by atoms with Crippen LogP contribution in [-0.2, 0) is 0 Å². The summed E-state index contributed by atoms with van der Waals surface area (Å²) in [6.07, 6.45) is 1.59. The maximum absolute atomic E-state index is 5.31. The first-order valence-corrected chi connectivity index (χ1v) is 7.60. The normalized spacial score (nSPS) is 10.3. The Balaban J connectivity index is 1.80. The highest BCUT2D eigenvalue weighted by Gasteiger charge is 2.06. The van der Waals surface area contributed by atoms with Gasteiger partial charge in [-0.15, -0.1) is 5.10 Å². The van der Waals surface area contributed by atoms with Crippen molar-refractivity contribution in [3.63, 3.8) is 0 Å². The fraction of sp³-hybridized carbons (Fsp3) is 0.167. The predicted molar refractivity (Wildman–Crippen MR) is 95.3 cm³/mol. The van der Waals surface area contributed by atoms with Crippen molar-refractivity contribution in [2.75, 3.05) is 17.7 Å². The second-order valence-electron chi connectivity index (χ2n) is 5.41. The number of aryl methyl sites for hydroxylation is 2. The van der Waals surface area contributed by atoms with E-state index >= 15 is 0 Å². The molecule has 6 heteroatoms. The van der Waals surface area contributed by atoms with Crippen LogP contribution < -0.4 is 15.4 Å². The summed E-state index contributed by atoms with van der Waals surface area (Å²) < 4.78 is 5.31. The van der Waals surface area contributed by atoms with Crippen molar-refractivity contribution in [1.29, 1.82) is 0 Å². The Kier molecular flexibility index (Phi) is 4.56. The van der Waals surface area contributed by atoms with E-state index in [-0.39, 0.29) is 0 Å². The van der Waals surface area contributed by atoms with Gasteiger partial charge in [0.2, 0.25) is 5.95 Å². The lowest BCUT2D eigenvalue weighted by Gasteiger charge is -2.11. The third-order valence-corrected chi connectivity index (χ3v) is 3.69. The number of hydrogen-bond acceptors (Lipinski definition) is 6. The highest BCUT2D eigenvalue weighted by Crippen LogP contribution is 2.26. The summed E-state index contributed by atoms with van der Waals surface area (Å²) in [4.78, 5) is 4.44. The number of nitrogens with one attached hydrogen (secondary N) is 2. The fourth-order valence-electron chi connectivity index (χ4n) is 2.25. The predicted octanol–water partition coefficient (Wildman–Crippen LogP) is 3.98. The molecule has 0 bridgehead atoms. The minimum absolute atomic E-state index is 0.397. The minimum Gasteiger partial charge on any atom is -0.495 e. The molecule has 24 heavy (non-hydrogen) atoms. The highest BCUT2D eigenvalue weighted by molar-refractivity contribution is 5.63. The van der Waals surface area contributed by atoms with Crippen LogP contribution in [0.25, 0.3) is 0 Å². The lowest BCUT2D eigenvalue weighted by Crippen LogP contribution is -2.03. The summed E-state index contributed by atoms with van der Waals surface area (Å²) in [5, 5.41) is 14.4. The van der Waals surface area contributed by atoms with Crippen LogP contribution in [0, 0.1) is 13.8 Å². The molecular weight excluding hydrogens is 302 g/mol. The first-order chi connectivity index (χ1) is 11.7. The average molecular weight is 321 g/mol. The molecule has 0 amide bonds. The quantitative estimate of drug-likeness (QED) is 0.740. The molecule has 1 aromatic heterocycles.